The molecule has 4 heteroatoms. The zero-order valence-electron chi connectivity index (χ0n) is 14.5. The van der Waals surface area contributed by atoms with Crippen molar-refractivity contribution in [2.75, 3.05) is 13.1 Å². The van der Waals surface area contributed by atoms with Gasteiger partial charge in [-0.2, -0.15) is 0 Å². The quantitative estimate of drug-likeness (QED) is 0.907. The molecule has 1 aromatic rings. The Balaban J connectivity index is 1.94. The molecule has 1 fully saturated rings. The maximum atomic E-state index is 12.6. The molecule has 1 aromatic carbocycles. The van der Waals surface area contributed by atoms with E-state index in [0.717, 1.165) is 31.4 Å². The Labute approximate surface area is 139 Å². The molecule has 1 aliphatic heterocycles. The standard InChI is InChI=1S/C19H28N2O2/c1-4-6-17(22)21-12-5-11-19(3,14-21)18(23)20-13-16-9-7-15(2)8-10-16/h7-10H,4-6,11-14H2,1-3H3,(H,20,23)/t19-/m1/s1. The molecule has 0 aromatic heterocycles. The van der Waals surface area contributed by atoms with E-state index in [0.29, 0.717) is 19.5 Å². The van der Waals surface area contributed by atoms with Crippen molar-refractivity contribution in [3.63, 3.8) is 0 Å². The molecule has 4 nitrogen and oxygen atoms in total. The number of nitrogens with zero attached hydrogens (tertiary/aromatic N) is 1. The fourth-order valence-corrected chi connectivity index (χ4v) is 3.11. The van der Waals surface area contributed by atoms with Gasteiger partial charge in [0.05, 0.1) is 5.41 Å². The van der Waals surface area contributed by atoms with Crippen LogP contribution in [0.1, 0.15) is 50.7 Å². The molecule has 1 N–H and O–H groups in total. The Bertz CT molecular complexity index is 553. The highest BCUT2D eigenvalue weighted by atomic mass is 16.2. The smallest absolute Gasteiger partial charge is 0.227 e. The fraction of sp³-hybridized carbons (Fsp3) is 0.579. The van der Waals surface area contributed by atoms with Crippen molar-refractivity contribution < 1.29 is 9.59 Å². The van der Waals surface area contributed by atoms with Gasteiger partial charge in [-0.05, 0) is 38.7 Å². The molecule has 23 heavy (non-hydrogen) atoms. The van der Waals surface area contributed by atoms with Crippen molar-refractivity contribution in [3.05, 3.63) is 35.4 Å². The lowest BCUT2D eigenvalue weighted by Gasteiger charge is -2.39. The molecule has 1 heterocycles. The third-order valence-electron chi connectivity index (χ3n) is 4.63. The molecular formula is C19H28N2O2. The van der Waals surface area contributed by atoms with Gasteiger partial charge < -0.3 is 10.2 Å². The zero-order chi connectivity index (χ0) is 16.9. The number of aryl methyl sites for hydroxylation is 1. The number of carbonyl (C=O) groups excluding carboxylic acids is 2. The molecule has 126 valence electrons. The highest BCUT2D eigenvalue weighted by Crippen LogP contribution is 2.30. The summed E-state index contributed by atoms with van der Waals surface area (Å²) in [6.07, 6.45) is 3.15. The minimum Gasteiger partial charge on any atom is -0.351 e. The summed E-state index contributed by atoms with van der Waals surface area (Å²) in [7, 11) is 0. The molecule has 0 saturated carbocycles. The van der Waals surface area contributed by atoms with Crippen LogP contribution in [0.15, 0.2) is 24.3 Å². The van der Waals surface area contributed by atoms with Crippen molar-refractivity contribution in [2.45, 2.75) is 53.0 Å². The molecule has 0 bridgehead atoms. The first-order chi connectivity index (χ1) is 10.9. The van der Waals surface area contributed by atoms with E-state index in [4.69, 9.17) is 0 Å². The summed E-state index contributed by atoms with van der Waals surface area (Å²) in [6.45, 7) is 7.88. The predicted molar refractivity (Wildman–Crippen MR) is 91.9 cm³/mol. The first kappa shape index (κ1) is 17.5. The minimum atomic E-state index is -0.480. The lowest BCUT2D eigenvalue weighted by molar-refractivity contribution is -0.140. The van der Waals surface area contributed by atoms with Gasteiger partial charge in [-0.3, -0.25) is 9.59 Å². The topological polar surface area (TPSA) is 49.4 Å². The van der Waals surface area contributed by atoms with Gasteiger partial charge >= 0.3 is 0 Å². The van der Waals surface area contributed by atoms with E-state index >= 15 is 0 Å². The second-order valence-electron chi connectivity index (χ2n) is 6.90. The first-order valence-electron chi connectivity index (χ1n) is 8.56. The maximum Gasteiger partial charge on any atom is 0.227 e. The number of rotatable bonds is 5. The van der Waals surface area contributed by atoms with E-state index in [1.807, 2.05) is 37.8 Å². The van der Waals surface area contributed by atoms with Gasteiger partial charge in [0.1, 0.15) is 0 Å². The van der Waals surface area contributed by atoms with E-state index in [2.05, 4.69) is 17.4 Å². The highest BCUT2D eigenvalue weighted by molar-refractivity contribution is 5.84. The molecular weight excluding hydrogens is 288 g/mol. The Kier molecular flexibility index (Phi) is 5.80. The van der Waals surface area contributed by atoms with E-state index in [9.17, 15) is 9.59 Å². The number of nitrogens with one attached hydrogen (secondary N) is 1. The van der Waals surface area contributed by atoms with Gasteiger partial charge in [0.25, 0.3) is 0 Å². The molecule has 0 radical (unpaired) electrons. The molecule has 1 saturated heterocycles. The molecule has 2 rings (SSSR count). The van der Waals surface area contributed by atoms with Crippen LogP contribution in [-0.4, -0.2) is 29.8 Å². The molecule has 0 aliphatic carbocycles. The highest BCUT2D eigenvalue weighted by Gasteiger charge is 2.38. The summed E-state index contributed by atoms with van der Waals surface area (Å²) in [5.41, 5.74) is 1.83. The fourth-order valence-electron chi connectivity index (χ4n) is 3.11. The first-order valence-corrected chi connectivity index (χ1v) is 8.56. The lowest BCUT2D eigenvalue weighted by Crippen LogP contribution is -2.51. The van der Waals surface area contributed by atoms with Crippen molar-refractivity contribution in [3.8, 4) is 0 Å². The number of amides is 2. The molecule has 2 amide bonds. The van der Waals surface area contributed by atoms with Crippen LogP contribution in [0.4, 0.5) is 0 Å². The minimum absolute atomic E-state index is 0.0482. The van der Waals surface area contributed by atoms with Crippen molar-refractivity contribution in [1.82, 2.24) is 10.2 Å². The van der Waals surface area contributed by atoms with E-state index in [1.54, 1.807) is 0 Å². The summed E-state index contributed by atoms with van der Waals surface area (Å²) < 4.78 is 0. The average Bonchev–Trinajstić information content (AvgIpc) is 2.54. The van der Waals surface area contributed by atoms with Crippen molar-refractivity contribution in [2.24, 2.45) is 5.41 Å². The second kappa shape index (κ2) is 7.62. The number of likely N-dealkylation sites (tertiary alicyclic amines) is 1. The second-order valence-corrected chi connectivity index (χ2v) is 6.90. The Hall–Kier alpha value is -1.84. The monoisotopic (exact) mass is 316 g/mol. The van der Waals surface area contributed by atoms with Gasteiger partial charge in [0.15, 0.2) is 0 Å². The van der Waals surface area contributed by atoms with E-state index in [1.165, 1.54) is 5.56 Å². The number of hydrogen-bond donors (Lipinski definition) is 1. The number of benzene rings is 1. The number of carbonyl (C=O) groups is 2. The third kappa shape index (κ3) is 4.57. The molecule has 0 unspecified atom stereocenters. The summed E-state index contributed by atoms with van der Waals surface area (Å²) in [4.78, 5) is 26.6. The Morgan fingerprint density at radius 2 is 1.96 bits per heavy atom. The third-order valence-corrected chi connectivity index (χ3v) is 4.63. The largest absolute Gasteiger partial charge is 0.351 e. The van der Waals surface area contributed by atoms with Gasteiger partial charge in [0, 0.05) is 26.1 Å². The lowest BCUT2D eigenvalue weighted by atomic mass is 9.80. The number of piperidine rings is 1. The van der Waals surface area contributed by atoms with Gasteiger partial charge in [-0.25, -0.2) is 0 Å². The van der Waals surface area contributed by atoms with Crippen LogP contribution in [0, 0.1) is 12.3 Å². The molecule has 1 aliphatic rings. The summed E-state index contributed by atoms with van der Waals surface area (Å²) in [5, 5.41) is 3.04. The van der Waals surface area contributed by atoms with Gasteiger partial charge in [-0.1, -0.05) is 36.8 Å². The van der Waals surface area contributed by atoms with Crippen LogP contribution >= 0.6 is 0 Å². The van der Waals surface area contributed by atoms with Crippen molar-refractivity contribution >= 4 is 11.8 Å². The zero-order valence-corrected chi connectivity index (χ0v) is 14.5. The molecule has 0 spiro atoms. The maximum absolute atomic E-state index is 12.6. The van der Waals surface area contributed by atoms with E-state index < -0.39 is 5.41 Å². The van der Waals surface area contributed by atoms with Crippen LogP contribution in [0.3, 0.4) is 0 Å². The SMILES string of the molecule is CCCC(=O)N1CCC[C@@](C)(C(=O)NCc2ccc(C)cc2)C1. The van der Waals surface area contributed by atoms with E-state index in [-0.39, 0.29) is 11.8 Å². The van der Waals surface area contributed by atoms with Gasteiger partial charge in [-0.15, -0.1) is 0 Å². The summed E-state index contributed by atoms with van der Waals surface area (Å²) in [6, 6.07) is 8.18. The molecule has 1 atom stereocenters. The summed E-state index contributed by atoms with van der Waals surface area (Å²) >= 11 is 0. The van der Waals surface area contributed by atoms with Gasteiger partial charge in [0.2, 0.25) is 11.8 Å². The normalized spacial score (nSPS) is 21.1. The summed E-state index contributed by atoms with van der Waals surface area (Å²) in [5.74, 6) is 0.219. The Morgan fingerprint density at radius 3 is 2.61 bits per heavy atom. The van der Waals surface area contributed by atoms with Crippen LogP contribution in [0.2, 0.25) is 0 Å². The number of hydrogen-bond acceptors (Lipinski definition) is 2. The predicted octanol–water partition coefficient (Wildman–Crippen LogP) is 3.04. The van der Waals surface area contributed by atoms with Crippen LogP contribution in [0.25, 0.3) is 0 Å². The van der Waals surface area contributed by atoms with Crippen LogP contribution in [0.5, 0.6) is 0 Å². The Morgan fingerprint density at radius 1 is 1.26 bits per heavy atom. The van der Waals surface area contributed by atoms with Crippen molar-refractivity contribution in [1.29, 1.82) is 0 Å². The van der Waals surface area contributed by atoms with Crippen LogP contribution in [-0.2, 0) is 16.1 Å². The van der Waals surface area contributed by atoms with Crippen LogP contribution < -0.4 is 5.32 Å². The average molecular weight is 316 g/mol.